The summed E-state index contributed by atoms with van der Waals surface area (Å²) in [5.74, 6) is 0.550. The van der Waals surface area contributed by atoms with Crippen LogP contribution >= 0.6 is 0 Å². The van der Waals surface area contributed by atoms with E-state index in [1.54, 1.807) is 0 Å². The average molecular weight is 186 g/mol. The normalized spacial score (nSPS) is 11.4. The van der Waals surface area contributed by atoms with E-state index in [4.69, 9.17) is 0 Å². The summed E-state index contributed by atoms with van der Waals surface area (Å²) in [5, 5.41) is 0. The molecular formula is C13H14O. The molecule has 0 N–H and O–H groups in total. The molecule has 0 radical (unpaired) electrons. The zero-order chi connectivity index (χ0) is 10.3. The molecule has 0 aliphatic carbocycles. The molecule has 72 valence electrons. The van der Waals surface area contributed by atoms with Crippen molar-refractivity contribution in [2.24, 2.45) is 0 Å². The lowest BCUT2D eigenvalue weighted by molar-refractivity contribution is 0.867. The molecule has 0 amide bonds. The Hall–Kier alpha value is -1.37. The van der Waals surface area contributed by atoms with E-state index in [0.29, 0.717) is 5.92 Å². The second kappa shape index (κ2) is 3.09. The van der Waals surface area contributed by atoms with Gasteiger partial charge in [-0.1, -0.05) is 38.1 Å². The predicted octanol–water partition coefficient (Wildman–Crippen LogP) is 3.02. The second-order valence-corrected chi connectivity index (χ2v) is 4.11. The van der Waals surface area contributed by atoms with E-state index in [0.717, 1.165) is 16.7 Å². The molecule has 0 unspecified atom stereocenters. The summed E-state index contributed by atoms with van der Waals surface area (Å²) in [6, 6.07) is 8.29. The van der Waals surface area contributed by atoms with E-state index < -0.39 is 0 Å². The lowest BCUT2D eigenvalue weighted by Gasteiger charge is -2.04. The van der Waals surface area contributed by atoms with Crippen molar-refractivity contribution >= 4 is 0 Å². The Labute approximate surface area is 84.1 Å². The molecule has 0 spiro atoms. The van der Waals surface area contributed by atoms with E-state index >= 15 is 0 Å². The largest absolute Gasteiger partial charge is 0.289 e. The van der Waals surface area contributed by atoms with Crippen LogP contribution in [-0.4, -0.2) is 0 Å². The van der Waals surface area contributed by atoms with Crippen LogP contribution in [0, 0.1) is 6.92 Å². The van der Waals surface area contributed by atoms with Crippen molar-refractivity contribution in [3.05, 3.63) is 45.6 Å². The lowest BCUT2D eigenvalue weighted by Crippen LogP contribution is -1.86. The first-order valence-electron chi connectivity index (χ1n) is 4.97. The first-order chi connectivity index (χ1) is 6.61. The fourth-order valence-corrected chi connectivity index (χ4v) is 1.64. The van der Waals surface area contributed by atoms with Gasteiger partial charge in [0.25, 0.3) is 0 Å². The van der Waals surface area contributed by atoms with Crippen LogP contribution in [0.1, 0.15) is 30.9 Å². The Kier molecular flexibility index (Phi) is 2.03. The molecule has 2 rings (SSSR count). The van der Waals surface area contributed by atoms with Crippen LogP contribution in [0.3, 0.4) is 0 Å². The smallest absolute Gasteiger partial charge is 0.190 e. The monoisotopic (exact) mass is 186 g/mol. The summed E-state index contributed by atoms with van der Waals surface area (Å²) in [6.45, 7) is 6.22. The van der Waals surface area contributed by atoms with Gasteiger partial charge in [-0.3, -0.25) is 4.79 Å². The Balaban J connectivity index is 2.32. The third-order valence-corrected chi connectivity index (χ3v) is 2.75. The van der Waals surface area contributed by atoms with Gasteiger partial charge in [-0.2, -0.15) is 0 Å². The number of hydrogen-bond acceptors (Lipinski definition) is 1. The van der Waals surface area contributed by atoms with Crippen LogP contribution in [0.15, 0.2) is 29.1 Å². The number of rotatable bonds is 2. The lowest BCUT2D eigenvalue weighted by atomic mass is 10.0. The predicted molar refractivity (Wildman–Crippen MR) is 59.3 cm³/mol. The molecule has 2 aromatic carbocycles. The highest BCUT2D eigenvalue weighted by Crippen LogP contribution is 2.25. The molecule has 0 aromatic heterocycles. The van der Waals surface area contributed by atoms with Gasteiger partial charge in [-0.05, 0) is 24.0 Å². The quantitative estimate of drug-likeness (QED) is 0.704. The summed E-state index contributed by atoms with van der Waals surface area (Å²) in [5.41, 5.74) is 4.45. The standard InChI is InChI=1S/C13H14O/c1-8(2)10-4-6-11(7-5-10)12-9(3)13(12)14/h4-8H,1-3H3. The molecule has 0 aliphatic rings. The third-order valence-electron chi connectivity index (χ3n) is 2.75. The molecule has 0 saturated heterocycles. The highest BCUT2D eigenvalue weighted by atomic mass is 16.1. The first-order valence-corrected chi connectivity index (χ1v) is 4.97. The van der Waals surface area contributed by atoms with Crippen molar-refractivity contribution in [3.8, 4) is 11.1 Å². The maximum atomic E-state index is 11.2. The minimum absolute atomic E-state index is 0.224. The molecule has 14 heavy (non-hydrogen) atoms. The van der Waals surface area contributed by atoms with Crippen LogP contribution in [0.4, 0.5) is 0 Å². The van der Waals surface area contributed by atoms with Crippen molar-refractivity contribution in [1.29, 1.82) is 0 Å². The molecule has 2 aromatic rings. The van der Waals surface area contributed by atoms with Crippen molar-refractivity contribution in [2.75, 3.05) is 0 Å². The Morgan fingerprint density at radius 3 is 1.93 bits per heavy atom. The Morgan fingerprint density at radius 1 is 1.07 bits per heavy atom. The molecular weight excluding hydrogens is 172 g/mol. The van der Waals surface area contributed by atoms with Crippen LogP contribution in [0.25, 0.3) is 11.1 Å². The molecule has 1 heteroatoms. The van der Waals surface area contributed by atoms with E-state index in [-0.39, 0.29) is 5.43 Å². The maximum absolute atomic E-state index is 11.2. The molecule has 0 heterocycles. The van der Waals surface area contributed by atoms with E-state index in [9.17, 15) is 4.79 Å². The van der Waals surface area contributed by atoms with E-state index in [1.165, 1.54) is 5.56 Å². The van der Waals surface area contributed by atoms with Crippen LogP contribution in [-0.2, 0) is 0 Å². The topological polar surface area (TPSA) is 17.1 Å². The van der Waals surface area contributed by atoms with Crippen LogP contribution in [0.2, 0.25) is 0 Å². The van der Waals surface area contributed by atoms with Crippen LogP contribution < -0.4 is 5.43 Å². The molecule has 0 aliphatic heterocycles. The summed E-state index contributed by atoms with van der Waals surface area (Å²) >= 11 is 0. The van der Waals surface area contributed by atoms with E-state index in [1.807, 2.05) is 19.1 Å². The summed E-state index contributed by atoms with van der Waals surface area (Å²) < 4.78 is 0. The van der Waals surface area contributed by atoms with E-state index in [2.05, 4.69) is 26.0 Å². The average Bonchev–Trinajstić information content (AvgIpc) is 2.75. The number of benzene rings is 1. The minimum atomic E-state index is 0.224. The van der Waals surface area contributed by atoms with Gasteiger partial charge in [-0.15, -0.1) is 0 Å². The third kappa shape index (κ3) is 1.39. The van der Waals surface area contributed by atoms with Crippen molar-refractivity contribution in [2.45, 2.75) is 26.7 Å². The van der Waals surface area contributed by atoms with Gasteiger partial charge >= 0.3 is 0 Å². The van der Waals surface area contributed by atoms with Gasteiger partial charge < -0.3 is 0 Å². The fraction of sp³-hybridized carbons (Fsp3) is 0.308. The highest BCUT2D eigenvalue weighted by molar-refractivity contribution is 5.75. The summed E-state index contributed by atoms with van der Waals surface area (Å²) in [6.07, 6.45) is 0. The summed E-state index contributed by atoms with van der Waals surface area (Å²) in [4.78, 5) is 11.2. The minimum Gasteiger partial charge on any atom is -0.289 e. The molecule has 0 fully saturated rings. The van der Waals surface area contributed by atoms with Crippen molar-refractivity contribution in [3.63, 3.8) is 0 Å². The Bertz CT molecular complexity index is 453. The maximum Gasteiger partial charge on any atom is 0.190 e. The van der Waals surface area contributed by atoms with Crippen molar-refractivity contribution < 1.29 is 0 Å². The van der Waals surface area contributed by atoms with Crippen LogP contribution in [0.5, 0.6) is 0 Å². The van der Waals surface area contributed by atoms with Gasteiger partial charge in [0, 0.05) is 11.1 Å². The Morgan fingerprint density at radius 2 is 1.57 bits per heavy atom. The molecule has 0 atom stereocenters. The molecule has 1 nitrogen and oxygen atoms in total. The van der Waals surface area contributed by atoms with Crippen molar-refractivity contribution in [1.82, 2.24) is 0 Å². The number of hydrogen-bond donors (Lipinski definition) is 0. The second-order valence-electron chi connectivity index (χ2n) is 4.11. The highest BCUT2D eigenvalue weighted by Gasteiger charge is 2.18. The van der Waals surface area contributed by atoms with Gasteiger partial charge in [0.1, 0.15) is 0 Å². The van der Waals surface area contributed by atoms with Gasteiger partial charge in [0.05, 0.1) is 0 Å². The van der Waals surface area contributed by atoms with Gasteiger partial charge in [-0.25, -0.2) is 0 Å². The van der Waals surface area contributed by atoms with Gasteiger partial charge in [0.15, 0.2) is 5.43 Å². The molecule has 0 bridgehead atoms. The zero-order valence-corrected chi connectivity index (χ0v) is 8.79. The summed E-state index contributed by atoms with van der Waals surface area (Å²) in [7, 11) is 0. The SMILES string of the molecule is Cc1c(-c2ccc(C(C)C)cc2)c1=O. The fourth-order valence-electron chi connectivity index (χ4n) is 1.64. The zero-order valence-electron chi connectivity index (χ0n) is 8.79. The molecule has 0 saturated carbocycles. The van der Waals surface area contributed by atoms with Gasteiger partial charge in [0.2, 0.25) is 0 Å². The first kappa shape index (κ1) is 9.20.